The van der Waals surface area contributed by atoms with Crippen LogP contribution >= 0.6 is 0 Å². The predicted octanol–water partition coefficient (Wildman–Crippen LogP) is 1.43. The maximum atomic E-state index is 12.3. The molecule has 1 amide bonds. The van der Waals surface area contributed by atoms with Crippen LogP contribution in [-0.2, 0) is 9.53 Å². The van der Waals surface area contributed by atoms with Crippen molar-refractivity contribution in [2.75, 3.05) is 25.5 Å². The molecule has 2 N–H and O–H groups in total. The van der Waals surface area contributed by atoms with Crippen LogP contribution in [0.2, 0.25) is 0 Å². The van der Waals surface area contributed by atoms with Gasteiger partial charge in [0.1, 0.15) is 5.75 Å². The Bertz CT molecular complexity index is 475. The van der Waals surface area contributed by atoms with E-state index >= 15 is 0 Å². The number of fused-ring (bicyclic) bond motifs is 1. The third-order valence-electron chi connectivity index (χ3n) is 4.04. The highest BCUT2D eigenvalue weighted by molar-refractivity contribution is 5.78. The van der Waals surface area contributed by atoms with Crippen molar-refractivity contribution in [1.29, 1.82) is 0 Å². The highest BCUT2D eigenvalue weighted by Crippen LogP contribution is 2.29. The quantitative estimate of drug-likeness (QED) is 0.848. The standard InChI is InChI=1S/C15H20N2O3/c16-11-4-6-12(7-5-11)20-10-15(18)17-8-9-19-14-3-1-2-13(14)17/h4-7,13-14H,1-3,8-10,16H2. The number of hydrogen-bond donors (Lipinski definition) is 1. The number of carbonyl (C=O) groups is 1. The van der Waals surface area contributed by atoms with Crippen molar-refractivity contribution in [1.82, 2.24) is 4.90 Å². The molecule has 1 heterocycles. The van der Waals surface area contributed by atoms with Crippen LogP contribution in [0.15, 0.2) is 24.3 Å². The molecule has 108 valence electrons. The summed E-state index contributed by atoms with van der Waals surface area (Å²) in [5, 5.41) is 0. The largest absolute Gasteiger partial charge is 0.484 e. The number of ether oxygens (including phenoxy) is 2. The Balaban J connectivity index is 1.57. The van der Waals surface area contributed by atoms with E-state index in [0.29, 0.717) is 24.6 Å². The number of benzene rings is 1. The summed E-state index contributed by atoms with van der Waals surface area (Å²) in [7, 11) is 0. The van der Waals surface area contributed by atoms with Gasteiger partial charge in [0.05, 0.1) is 18.8 Å². The molecule has 3 rings (SSSR count). The zero-order valence-electron chi connectivity index (χ0n) is 11.5. The van der Waals surface area contributed by atoms with E-state index in [4.69, 9.17) is 15.2 Å². The van der Waals surface area contributed by atoms with Crippen LogP contribution in [0.5, 0.6) is 5.75 Å². The number of nitrogens with two attached hydrogens (primary N) is 1. The normalized spacial score (nSPS) is 25.3. The van der Waals surface area contributed by atoms with Crippen LogP contribution in [-0.4, -0.2) is 42.7 Å². The van der Waals surface area contributed by atoms with E-state index in [2.05, 4.69) is 0 Å². The number of carbonyl (C=O) groups excluding carboxylic acids is 1. The lowest BCUT2D eigenvalue weighted by Gasteiger charge is -2.37. The summed E-state index contributed by atoms with van der Waals surface area (Å²) in [6, 6.07) is 7.33. The van der Waals surface area contributed by atoms with Gasteiger partial charge in [0.15, 0.2) is 6.61 Å². The van der Waals surface area contributed by atoms with Crippen molar-refractivity contribution in [3.63, 3.8) is 0 Å². The van der Waals surface area contributed by atoms with E-state index in [0.717, 1.165) is 19.3 Å². The van der Waals surface area contributed by atoms with Gasteiger partial charge in [-0.2, -0.15) is 0 Å². The zero-order valence-corrected chi connectivity index (χ0v) is 11.5. The van der Waals surface area contributed by atoms with Crippen LogP contribution in [0.25, 0.3) is 0 Å². The number of hydrogen-bond acceptors (Lipinski definition) is 4. The summed E-state index contributed by atoms with van der Waals surface area (Å²) >= 11 is 0. The van der Waals surface area contributed by atoms with Crippen molar-refractivity contribution in [2.45, 2.75) is 31.4 Å². The number of morpholine rings is 1. The van der Waals surface area contributed by atoms with Gasteiger partial charge in [-0.25, -0.2) is 0 Å². The highest BCUT2D eigenvalue weighted by Gasteiger charge is 2.38. The maximum Gasteiger partial charge on any atom is 0.260 e. The number of amides is 1. The number of nitrogen functional groups attached to an aromatic ring is 1. The molecule has 1 aliphatic heterocycles. The van der Waals surface area contributed by atoms with Gasteiger partial charge in [-0.15, -0.1) is 0 Å². The van der Waals surface area contributed by atoms with Gasteiger partial charge in [-0.1, -0.05) is 0 Å². The summed E-state index contributed by atoms with van der Waals surface area (Å²) in [4.78, 5) is 14.2. The van der Waals surface area contributed by atoms with E-state index in [9.17, 15) is 4.79 Å². The third kappa shape index (κ3) is 2.72. The molecular weight excluding hydrogens is 256 g/mol. The molecule has 2 aliphatic rings. The maximum absolute atomic E-state index is 12.3. The average Bonchev–Trinajstić information content (AvgIpc) is 2.94. The lowest BCUT2D eigenvalue weighted by atomic mass is 10.1. The zero-order chi connectivity index (χ0) is 13.9. The summed E-state index contributed by atoms with van der Waals surface area (Å²) in [5.74, 6) is 0.714. The Hall–Kier alpha value is -1.75. The van der Waals surface area contributed by atoms with E-state index in [1.165, 1.54) is 0 Å². The van der Waals surface area contributed by atoms with E-state index in [1.807, 2.05) is 4.90 Å². The van der Waals surface area contributed by atoms with Crippen molar-refractivity contribution in [3.8, 4) is 5.75 Å². The summed E-state index contributed by atoms with van der Waals surface area (Å²) < 4.78 is 11.2. The molecule has 1 saturated carbocycles. The molecule has 1 aliphatic carbocycles. The summed E-state index contributed by atoms with van der Waals surface area (Å²) in [6.07, 6.45) is 3.47. The van der Waals surface area contributed by atoms with Crippen molar-refractivity contribution >= 4 is 11.6 Å². The smallest absolute Gasteiger partial charge is 0.260 e. The van der Waals surface area contributed by atoms with Crippen molar-refractivity contribution < 1.29 is 14.3 Å². The second kappa shape index (κ2) is 5.71. The monoisotopic (exact) mass is 276 g/mol. The summed E-state index contributed by atoms with van der Waals surface area (Å²) in [6.45, 7) is 1.38. The van der Waals surface area contributed by atoms with Crippen LogP contribution in [0.1, 0.15) is 19.3 Å². The number of rotatable bonds is 3. The summed E-state index contributed by atoms with van der Waals surface area (Å²) in [5.41, 5.74) is 6.30. The number of anilines is 1. The van der Waals surface area contributed by atoms with Crippen molar-refractivity contribution in [3.05, 3.63) is 24.3 Å². The fourth-order valence-corrected chi connectivity index (χ4v) is 3.03. The van der Waals surface area contributed by atoms with Crippen LogP contribution in [0.4, 0.5) is 5.69 Å². The molecule has 5 heteroatoms. The van der Waals surface area contributed by atoms with Crippen molar-refractivity contribution in [2.24, 2.45) is 0 Å². The molecule has 1 saturated heterocycles. The SMILES string of the molecule is Nc1ccc(OCC(=O)N2CCOC3CCCC32)cc1. The van der Waals surface area contributed by atoms with Gasteiger partial charge in [0.25, 0.3) is 5.91 Å². The van der Waals surface area contributed by atoms with E-state index in [-0.39, 0.29) is 24.7 Å². The lowest BCUT2D eigenvalue weighted by molar-refractivity contribution is -0.146. The molecule has 2 fully saturated rings. The highest BCUT2D eigenvalue weighted by atomic mass is 16.5. The lowest BCUT2D eigenvalue weighted by Crippen LogP contribution is -2.52. The first kappa shape index (κ1) is 13.2. The Labute approximate surface area is 118 Å². The number of nitrogens with zero attached hydrogens (tertiary/aromatic N) is 1. The first-order valence-electron chi connectivity index (χ1n) is 7.13. The molecule has 0 spiro atoms. The topological polar surface area (TPSA) is 64.8 Å². The molecule has 2 unspecified atom stereocenters. The van der Waals surface area contributed by atoms with Gasteiger partial charge >= 0.3 is 0 Å². The third-order valence-corrected chi connectivity index (χ3v) is 4.04. The average molecular weight is 276 g/mol. The minimum atomic E-state index is 0.0435. The molecule has 20 heavy (non-hydrogen) atoms. The van der Waals surface area contributed by atoms with Gasteiger partial charge in [-0.05, 0) is 43.5 Å². The first-order chi connectivity index (χ1) is 9.74. The fraction of sp³-hybridized carbons (Fsp3) is 0.533. The Morgan fingerprint density at radius 3 is 2.95 bits per heavy atom. The van der Waals surface area contributed by atoms with Gasteiger partial charge < -0.3 is 20.1 Å². The van der Waals surface area contributed by atoms with Gasteiger partial charge in [0, 0.05) is 12.2 Å². The van der Waals surface area contributed by atoms with E-state index < -0.39 is 0 Å². The Morgan fingerprint density at radius 2 is 2.15 bits per heavy atom. The van der Waals surface area contributed by atoms with Crippen LogP contribution in [0, 0.1) is 0 Å². The molecule has 0 bridgehead atoms. The fourth-order valence-electron chi connectivity index (χ4n) is 3.03. The second-order valence-electron chi connectivity index (χ2n) is 5.35. The molecule has 0 aromatic heterocycles. The van der Waals surface area contributed by atoms with Gasteiger partial charge in [-0.3, -0.25) is 4.79 Å². The molecule has 0 radical (unpaired) electrons. The molecule has 1 aromatic carbocycles. The van der Waals surface area contributed by atoms with Gasteiger partial charge in [0.2, 0.25) is 0 Å². The first-order valence-corrected chi connectivity index (χ1v) is 7.13. The van der Waals surface area contributed by atoms with E-state index in [1.54, 1.807) is 24.3 Å². The van der Waals surface area contributed by atoms with Crippen LogP contribution in [0.3, 0.4) is 0 Å². The Kier molecular flexibility index (Phi) is 3.78. The molecule has 5 nitrogen and oxygen atoms in total. The minimum Gasteiger partial charge on any atom is -0.484 e. The van der Waals surface area contributed by atoms with Crippen LogP contribution < -0.4 is 10.5 Å². The predicted molar refractivity (Wildman–Crippen MR) is 75.4 cm³/mol. The molecular formula is C15H20N2O3. The minimum absolute atomic E-state index is 0.0435. The second-order valence-corrected chi connectivity index (χ2v) is 5.35. The molecule has 2 atom stereocenters. The molecule has 1 aromatic rings. The Morgan fingerprint density at radius 1 is 1.35 bits per heavy atom.